The first-order valence-corrected chi connectivity index (χ1v) is 7.58. The van der Waals surface area contributed by atoms with E-state index in [1.807, 2.05) is 14.1 Å². The fourth-order valence-electron chi connectivity index (χ4n) is 2.70. The highest BCUT2D eigenvalue weighted by molar-refractivity contribution is 5.43. The molecule has 1 heterocycles. The summed E-state index contributed by atoms with van der Waals surface area (Å²) < 4.78 is 40.0. The number of rotatable bonds is 7. The lowest BCUT2D eigenvalue weighted by atomic mass is 10.1. The standard InChI is InChI=1S/C16H24F2N2O3/c1-19(2)10-13-11-20(6-7-22-13)9-12-4-5-14(23-16(17)18)15(8-12)21-3/h4-5,8,13,16H,6-7,9-11H2,1-3H3/t13-/m0/s1. The zero-order chi connectivity index (χ0) is 16.8. The molecule has 0 saturated carbocycles. The number of alkyl halides is 2. The minimum absolute atomic E-state index is 0.0544. The SMILES string of the molecule is COc1cc(CN2CCO[C@@H](CN(C)C)C2)ccc1OC(F)F. The van der Waals surface area contributed by atoms with Crippen molar-refractivity contribution >= 4 is 0 Å². The van der Waals surface area contributed by atoms with E-state index in [9.17, 15) is 8.78 Å². The van der Waals surface area contributed by atoms with E-state index >= 15 is 0 Å². The zero-order valence-corrected chi connectivity index (χ0v) is 13.8. The smallest absolute Gasteiger partial charge is 0.387 e. The normalized spacial score (nSPS) is 19.3. The number of benzene rings is 1. The molecule has 0 amide bonds. The van der Waals surface area contributed by atoms with Crippen molar-refractivity contribution in [3.05, 3.63) is 23.8 Å². The second-order valence-corrected chi connectivity index (χ2v) is 5.85. The van der Waals surface area contributed by atoms with Gasteiger partial charge in [0.2, 0.25) is 0 Å². The van der Waals surface area contributed by atoms with Crippen LogP contribution in [0.4, 0.5) is 8.78 Å². The van der Waals surface area contributed by atoms with Gasteiger partial charge in [-0.05, 0) is 31.8 Å². The summed E-state index contributed by atoms with van der Waals surface area (Å²) in [6.45, 7) is 1.12. The molecule has 1 atom stereocenters. The molecule has 1 fully saturated rings. The highest BCUT2D eigenvalue weighted by atomic mass is 19.3. The minimum atomic E-state index is -2.86. The van der Waals surface area contributed by atoms with Gasteiger partial charge in [-0.25, -0.2) is 0 Å². The third-order valence-corrected chi connectivity index (χ3v) is 3.64. The van der Waals surface area contributed by atoms with Crippen LogP contribution in [0, 0.1) is 0 Å². The van der Waals surface area contributed by atoms with Gasteiger partial charge in [0.25, 0.3) is 0 Å². The van der Waals surface area contributed by atoms with Gasteiger partial charge in [0.15, 0.2) is 11.5 Å². The summed E-state index contributed by atoms with van der Waals surface area (Å²) in [6, 6.07) is 5.06. The van der Waals surface area contributed by atoms with E-state index < -0.39 is 6.61 Å². The van der Waals surface area contributed by atoms with E-state index in [0.717, 1.165) is 31.7 Å². The molecule has 0 spiro atoms. The first kappa shape index (κ1) is 17.9. The van der Waals surface area contributed by atoms with E-state index in [1.165, 1.54) is 13.2 Å². The number of hydrogen-bond donors (Lipinski definition) is 0. The van der Waals surface area contributed by atoms with Gasteiger partial charge in [-0.15, -0.1) is 0 Å². The average molecular weight is 330 g/mol. The predicted octanol–water partition coefficient (Wildman–Crippen LogP) is 2.06. The number of morpholine rings is 1. The van der Waals surface area contributed by atoms with E-state index in [2.05, 4.69) is 14.5 Å². The molecule has 1 aliphatic heterocycles. The minimum Gasteiger partial charge on any atom is -0.493 e. The molecule has 1 saturated heterocycles. The van der Waals surface area contributed by atoms with Gasteiger partial charge in [0, 0.05) is 26.2 Å². The quantitative estimate of drug-likeness (QED) is 0.764. The van der Waals surface area contributed by atoms with Crippen LogP contribution in [-0.2, 0) is 11.3 Å². The van der Waals surface area contributed by atoms with Crippen molar-refractivity contribution < 1.29 is 23.0 Å². The molecular formula is C16H24F2N2O3. The molecule has 7 heteroatoms. The van der Waals surface area contributed by atoms with Crippen LogP contribution in [0.5, 0.6) is 11.5 Å². The summed E-state index contributed by atoms with van der Waals surface area (Å²) in [5.41, 5.74) is 0.994. The highest BCUT2D eigenvalue weighted by Crippen LogP contribution is 2.30. The fraction of sp³-hybridized carbons (Fsp3) is 0.625. The summed E-state index contributed by atoms with van der Waals surface area (Å²) in [7, 11) is 5.49. The number of likely N-dealkylation sites (N-methyl/N-ethyl adjacent to an activating group) is 1. The Kier molecular flexibility index (Phi) is 6.56. The van der Waals surface area contributed by atoms with Crippen molar-refractivity contribution in [2.45, 2.75) is 19.3 Å². The molecule has 5 nitrogen and oxygen atoms in total. The van der Waals surface area contributed by atoms with E-state index in [0.29, 0.717) is 12.4 Å². The van der Waals surface area contributed by atoms with Gasteiger partial charge in [0.1, 0.15) is 0 Å². The summed E-state index contributed by atoms with van der Waals surface area (Å²) in [4.78, 5) is 4.40. The maximum absolute atomic E-state index is 12.4. The van der Waals surface area contributed by atoms with Crippen LogP contribution in [0.15, 0.2) is 18.2 Å². The van der Waals surface area contributed by atoms with E-state index in [4.69, 9.17) is 9.47 Å². The molecule has 0 aromatic heterocycles. The predicted molar refractivity (Wildman–Crippen MR) is 83.2 cm³/mol. The van der Waals surface area contributed by atoms with Crippen LogP contribution in [-0.4, -0.2) is 70.0 Å². The highest BCUT2D eigenvalue weighted by Gasteiger charge is 2.21. The summed E-state index contributed by atoms with van der Waals surface area (Å²) in [6.07, 6.45) is 0.182. The van der Waals surface area contributed by atoms with Crippen molar-refractivity contribution in [3.63, 3.8) is 0 Å². The number of ether oxygens (including phenoxy) is 3. The molecular weight excluding hydrogens is 306 g/mol. The van der Waals surface area contributed by atoms with Crippen molar-refractivity contribution in [2.24, 2.45) is 0 Å². The lowest BCUT2D eigenvalue weighted by Crippen LogP contribution is -2.45. The monoisotopic (exact) mass is 330 g/mol. The fourth-order valence-corrected chi connectivity index (χ4v) is 2.70. The molecule has 2 rings (SSSR count). The van der Waals surface area contributed by atoms with Gasteiger partial charge in [-0.1, -0.05) is 6.07 Å². The molecule has 0 unspecified atom stereocenters. The first-order chi connectivity index (χ1) is 11.0. The van der Waals surface area contributed by atoms with Crippen LogP contribution >= 0.6 is 0 Å². The lowest BCUT2D eigenvalue weighted by molar-refractivity contribution is -0.0513. The van der Waals surface area contributed by atoms with E-state index in [-0.39, 0.29) is 11.9 Å². The second kappa shape index (κ2) is 8.42. The van der Waals surface area contributed by atoms with Crippen LogP contribution in [0.3, 0.4) is 0 Å². The van der Waals surface area contributed by atoms with Crippen molar-refractivity contribution in [1.82, 2.24) is 9.80 Å². The number of nitrogens with zero attached hydrogens (tertiary/aromatic N) is 2. The molecule has 0 N–H and O–H groups in total. The zero-order valence-electron chi connectivity index (χ0n) is 13.8. The molecule has 1 aliphatic rings. The molecule has 0 aliphatic carbocycles. The Labute approximate surface area is 135 Å². The van der Waals surface area contributed by atoms with Crippen molar-refractivity contribution in [3.8, 4) is 11.5 Å². The Morgan fingerprint density at radius 2 is 2.13 bits per heavy atom. The number of hydrogen-bond acceptors (Lipinski definition) is 5. The molecule has 130 valence electrons. The Bertz CT molecular complexity index is 500. The van der Waals surface area contributed by atoms with E-state index in [1.54, 1.807) is 12.1 Å². The average Bonchev–Trinajstić information content (AvgIpc) is 2.48. The molecule has 1 aromatic carbocycles. The van der Waals surface area contributed by atoms with Gasteiger partial charge in [-0.2, -0.15) is 8.78 Å². The Morgan fingerprint density at radius 1 is 1.35 bits per heavy atom. The maximum atomic E-state index is 12.4. The number of halogens is 2. The molecule has 1 aromatic rings. The van der Waals surface area contributed by atoms with Crippen LogP contribution < -0.4 is 9.47 Å². The van der Waals surface area contributed by atoms with Crippen molar-refractivity contribution in [1.29, 1.82) is 0 Å². The first-order valence-electron chi connectivity index (χ1n) is 7.58. The Hall–Kier alpha value is -1.44. The molecule has 0 radical (unpaired) electrons. The van der Waals surface area contributed by atoms with Crippen LogP contribution in [0.25, 0.3) is 0 Å². The second-order valence-electron chi connectivity index (χ2n) is 5.85. The third-order valence-electron chi connectivity index (χ3n) is 3.64. The van der Waals surface area contributed by atoms with Gasteiger partial charge >= 0.3 is 6.61 Å². The van der Waals surface area contributed by atoms with Gasteiger partial charge in [-0.3, -0.25) is 4.90 Å². The third kappa shape index (κ3) is 5.60. The number of methoxy groups -OCH3 is 1. The Morgan fingerprint density at radius 3 is 2.78 bits per heavy atom. The molecule has 23 heavy (non-hydrogen) atoms. The van der Waals surface area contributed by atoms with Gasteiger partial charge in [0.05, 0.1) is 19.8 Å². The topological polar surface area (TPSA) is 34.2 Å². The summed E-state index contributed by atoms with van der Waals surface area (Å²) >= 11 is 0. The van der Waals surface area contributed by atoms with Crippen LogP contribution in [0.1, 0.15) is 5.56 Å². The largest absolute Gasteiger partial charge is 0.493 e. The summed E-state index contributed by atoms with van der Waals surface area (Å²) in [5, 5.41) is 0. The maximum Gasteiger partial charge on any atom is 0.387 e. The summed E-state index contributed by atoms with van der Waals surface area (Å²) in [5.74, 6) is 0.375. The van der Waals surface area contributed by atoms with Crippen molar-refractivity contribution in [2.75, 3.05) is 47.4 Å². The van der Waals surface area contributed by atoms with Gasteiger partial charge < -0.3 is 19.1 Å². The molecule has 0 bridgehead atoms. The lowest BCUT2D eigenvalue weighted by Gasteiger charge is -2.34. The van der Waals surface area contributed by atoms with Crippen LogP contribution in [0.2, 0.25) is 0 Å². The Balaban J connectivity index is 1.99.